The third kappa shape index (κ3) is 1990. The molecule has 0 aromatic rings. The van der Waals surface area contributed by atoms with Crippen LogP contribution in [0.15, 0.2) is 0 Å². The predicted octanol–water partition coefficient (Wildman–Crippen LogP) is 2.74. The van der Waals surface area contributed by atoms with Crippen LogP contribution in [0.25, 0.3) is 0 Å². The summed E-state index contributed by atoms with van der Waals surface area (Å²) in [6.45, 7) is -2.29. The van der Waals surface area contributed by atoms with E-state index in [1.165, 1.54) is 6.92 Å². The first-order valence-electron chi connectivity index (χ1n) is 2.04. The molecule has 0 nitrogen and oxygen atoms in total. The minimum Gasteiger partial charge on any atom is -0.251 e. The van der Waals surface area contributed by atoms with Crippen molar-refractivity contribution in [1.82, 2.24) is 0 Å². The fourth-order valence-electron chi connectivity index (χ4n) is 0. The minimum absolute atomic E-state index is 0.250. The van der Waals surface area contributed by atoms with Gasteiger partial charge < -0.3 is 0 Å². The van der Waals surface area contributed by atoms with Crippen molar-refractivity contribution in [2.24, 2.45) is 0 Å². The Hall–Kier alpha value is -0.350. The molecule has 0 amide bonds. The lowest BCUT2D eigenvalue weighted by atomic mass is 10.9. The molecule has 5 heteroatoms. The van der Waals surface area contributed by atoms with E-state index < -0.39 is 13.9 Å². The van der Waals surface area contributed by atoms with Crippen LogP contribution in [0.4, 0.5) is 22.0 Å². The molecule has 0 N–H and O–H groups in total. The highest BCUT2D eigenvalue weighted by Gasteiger charge is 1.44. The number of hydrogen-bond donors (Lipinski definition) is 0. The van der Waals surface area contributed by atoms with E-state index in [1.54, 1.807) is 0 Å². The fourth-order valence-corrected chi connectivity index (χ4v) is 0. The largest absolute Gasteiger partial charge is 0.251 e. The van der Waals surface area contributed by atoms with E-state index in [4.69, 9.17) is 0 Å². The molecule has 0 rings (SSSR count). The van der Waals surface area contributed by atoms with Gasteiger partial charge in [0.2, 0.25) is 13.9 Å². The van der Waals surface area contributed by atoms with Gasteiger partial charge in [-0.15, -0.1) is 0 Å². The van der Waals surface area contributed by atoms with Crippen LogP contribution in [0, 0.1) is 0 Å². The van der Waals surface area contributed by atoms with Crippen LogP contribution in [0.5, 0.6) is 0 Å². The van der Waals surface area contributed by atoms with Crippen molar-refractivity contribution in [3.63, 3.8) is 0 Å². The van der Waals surface area contributed by atoms with E-state index in [2.05, 4.69) is 0 Å². The smallest absolute Gasteiger partial charge is 0.229 e. The van der Waals surface area contributed by atoms with Gasteiger partial charge in [-0.05, 0) is 6.92 Å². The summed E-state index contributed by atoms with van der Waals surface area (Å²) in [7, 11) is 0. The summed E-state index contributed by atoms with van der Waals surface area (Å²) >= 11 is 0. The molecule has 0 spiro atoms. The highest BCUT2D eigenvalue weighted by atomic mass is 19.3. The van der Waals surface area contributed by atoms with Gasteiger partial charge in [0, 0.05) is 0 Å². The highest BCUT2D eigenvalue weighted by molar-refractivity contribution is 3.86. The maximum absolute atomic E-state index is 10.3. The molecule has 0 saturated heterocycles. The molecular weight excluding hydrogens is 143 g/mol. The van der Waals surface area contributed by atoms with Gasteiger partial charge in [0.05, 0.1) is 6.67 Å². The molecule has 0 saturated carbocycles. The van der Waals surface area contributed by atoms with Gasteiger partial charge in [-0.3, -0.25) is 4.39 Å². The Morgan fingerprint density at radius 1 is 0.778 bits per heavy atom. The molecule has 0 aliphatic carbocycles. The third-order valence-electron chi connectivity index (χ3n) is 0. The average molecular weight is 152 g/mol. The first-order chi connectivity index (χ1) is 4.24. The van der Waals surface area contributed by atoms with Crippen molar-refractivity contribution >= 4 is 0 Å². The number of rotatable bonds is 0. The van der Waals surface area contributed by atoms with E-state index in [1.807, 2.05) is 0 Å². The van der Waals surface area contributed by atoms with Crippen molar-refractivity contribution in [1.29, 1.82) is 0 Å². The molecule has 0 aromatic heterocycles. The van der Waals surface area contributed by atoms with Crippen molar-refractivity contribution in [3.8, 4) is 0 Å². The summed E-state index contributed by atoms with van der Waals surface area (Å²) in [5, 5.41) is 0. The van der Waals surface area contributed by atoms with Crippen LogP contribution in [0.2, 0.25) is 0 Å². The minimum atomic E-state index is -1.75. The van der Waals surface area contributed by atoms with E-state index in [-0.39, 0.29) is 6.67 Å². The van der Waals surface area contributed by atoms with Crippen molar-refractivity contribution in [2.75, 3.05) is 20.5 Å². The zero-order chi connectivity index (χ0) is 8.12. The van der Waals surface area contributed by atoms with Gasteiger partial charge >= 0.3 is 0 Å². The first-order valence-corrected chi connectivity index (χ1v) is 2.04. The monoisotopic (exact) mass is 152 g/mol. The molecule has 9 heavy (non-hydrogen) atoms. The molecule has 0 aliphatic heterocycles. The maximum Gasteiger partial charge on any atom is 0.229 e. The Labute approximate surface area is 50.7 Å². The Morgan fingerprint density at radius 2 is 0.778 bits per heavy atom. The van der Waals surface area contributed by atoms with Crippen LogP contribution in [-0.2, 0) is 0 Å². The standard InChI is InChI=1S/C2H5F.2CH2F2/c1-2-3;2*2-1-3/h2H2,1H3;2*1H2. The van der Waals surface area contributed by atoms with E-state index in [0.29, 0.717) is 0 Å². The van der Waals surface area contributed by atoms with Gasteiger partial charge in [-0.25, -0.2) is 17.6 Å². The molecule has 0 unspecified atom stereocenters. The van der Waals surface area contributed by atoms with E-state index in [9.17, 15) is 22.0 Å². The number of hydrogen-bond acceptors (Lipinski definition) is 0. The van der Waals surface area contributed by atoms with Gasteiger partial charge in [0.15, 0.2) is 0 Å². The molecule has 0 aromatic carbocycles. The molecule has 0 aliphatic rings. The van der Waals surface area contributed by atoms with E-state index >= 15 is 0 Å². The van der Waals surface area contributed by atoms with Crippen LogP contribution in [-0.4, -0.2) is 20.5 Å². The lowest BCUT2D eigenvalue weighted by molar-refractivity contribution is 0.295. The fraction of sp³-hybridized carbons (Fsp3) is 1.00. The van der Waals surface area contributed by atoms with E-state index in [0.717, 1.165) is 0 Å². The quantitative estimate of drug-likeness (QED) is 0.468. The summed E-state index contributed by atoms with van der Waals surface area (Å²) in [4.78, 5) is 0. The first kappa shape index (κ1) is 15.9. The van der Waals surface area contributed by atoms with Crippen molar-refractivity contribution in [3.05, 3.63) is 0 Å². The summed E-state index contributed by atoms with van der Waals surface area (Å²) in [5.41, 5.74) is 0. The molecule has 0 radical (unpaired) electrons. The molecule has 0 fully saturated rings. The molecule has 0 bridgehead atoms. The zero-order valence-electron chi connectivity index (χ0n) is 5.01. The third-order valence-corrected chi connectivity index (χ3v) is 0. The van der Waals surface area contributed by atoms with Gasteiger partial charge in [0.1, 0.15) is 0 Å². The Bertz CT molecular complexity index is 13.7. The second-order valence-electron chi connectivity index (χ2n) is 0.469. The molecular formula is C4H9F5. The second-order valence-corrected chi connectivity index (χ2v) is 0.469. The molecule has 0 heterocycles. The summed E-state index contributed by atoms with van der Waals surface area (Å²) < 4.78 is 48.8. The van der Waals surface area contributed by atoms with Gasteiger partial charge in [-0.2, -0.15) is 0 Å². The molecule has 0 atom stereocenters. The van der Waals surface area contributed by atoms with Crippen LogP contribution in [0.3, 0.4) is 0 Å². The summed E-state index contributed by atoms with van der Waals surface area (Å²) in [6, 6.07) is 0. The molecule has 60 valence electrons. The zero-order valence-corrected chi connectivity index (χ0v) is 5.01. The Morgan fingerprint density at radius 3 is 0.778 bits per heavy atom. The van der Waals surface area contributed by atoms with Crippen LogP contribution < -0.4 is 0 Å². The Kier molecular flexibility index (Phi) is 84.9. The van der Waals surface area contributed by atoms with Gasteiger partial charge in [-0.1, -0.05) is 0 Å². The maximum atomic E-state index is 10.3. The van der Waals surface area contributed by atoms with Gasteiger partial charge in [0.25, 0.3) is 0 Å². The van der Waals surface area contributed by atoms with Crippen LogP contribution >= 0.6 is 0 Å². The second kappa shape index (κ2) is 48.2. The normalized spacial score (nSPS) is 6.00. The summed E-state index contributed by atoms with van der Waals surface area (Å²) in [5.74, 6) is 0. The predicted molar refractivity (Wildman–Crippen MR) is 25.8 cm³/mol. The van der Waals surface area contributed by atoms with Crippen molar-refractivity contribution in [2.45, 2.75) is 6.92 Å². The Balaban J connectivity index is -0.0000000600. The highest BCUT2D eigenvalue weighted by Crippen LogP contribution is 1.56. The average Bonchev–Trinajstić information content (AvgIpc) is 1.70. The lowest BCUT2D eigenvalue weighted by Gasteiger charge is -1.45. The summed E-state index contributed by atoms with van der Waals surface area (Å²) in [6.07, 6.45) is 0. The topological polar surface area (TPSA) is 0 Å². The lowest BCUT2D eigenvalue weighted by Crippen LogP contribution is -1.40. The SMILES string of the molecule is CCF.FCF.FCF. The van der Waals surface area contributed by atoms with Crippen LogP contribution in [0.1, 0.15) is 6.92 Å². The number of alkyl halides is 5. The number of halogens is 5. The van der Waals surface area contributed by atoms with Crippen molar-refractivity contribution < 1.29 is 22.0 Å².